The fourth-order valence-corrected chi connectivity index (χ4v) is 4.63. The van der Waals surface area contributed by atoms with Crippen molar-refractivity contribution in [3.05, 3.63) is 30.3 Å². The molecule has 0 amide bonds. The Labute approximate surface area is 118 Å². The van der Waals surface area contributed by atoms with Crippen LogP contribution in [-0.2, 0) is 4.74 Å². The van der Waals surface area contributed by atoms with Gasteiger partial charge < -0.3 is 0 Å². The molecule has 1 nitrogen and oxygen atoms in total. The van der Waals surface area contributed by atoms with Crippen LogP contribution in [0.15, 0.2) is 30.3 Å². The van der Waals surface area contributed by atoms with Crippen molar-refractivity contribution in [2.75, 3.05) is 6.61 Å². The first-order chi connectivity index (χ1) is 7.51. The summed E-state index contributed by atoms with van der Waals surface area (Å²) < 4.78 is 5.61. The molecule has 1 aromatic carbocycles. The van der Waals surface area contributed by atoms with E-state index < -0.39 is 3.79 Å². The zero-order valence-corrected chi connectivity index (χ0v) is 12.8. The van der Waals surface area contributed by atoms with E-state index in [2.05, 4.69) is 12.1 Å². The second kappa shape index (κ2) is 7.10. The molecule has 0 aliphatic rings. The monoisotopic (exact) mass is 346 g/mol. The molecule has 0 saturated carbocycles. The fourth-order valence-electron chi connectivity index (χ4n) is 1.16. The van der Waals surface area contributed by atoms with Crippen LogP contribution < -0.4 is 4.46 Å². The minimum absolute atomic E-state index is 0.00685. The van der Waals surface area contributed by atoms with E-state index in [0.29, 0.717) is 13.0 Å². The van der Waals surface area contributed by atoms with Gasteiger partial charge in [0.05, 0.1) is 0 Å². The third-order valence-electron chi connectivity index (χ3n) is 1.76. The average Bonchev–Trinajstić information content (AvgIpc) is 2.17. The molecule has 1 aromatic rings. The molecule has 0 saturated heterocycles. The van der Waals surface area contributed by atoms with Gasteiger partial charge in [0, 0.05) is 0 Å². The number of hydrogen-bond acceptors (Lipinski definition) is 1. The van der Waals surface area contributed by atoms with Gasteiger partial charge in [-0.1, -0.05) is 0 Å². The van der Waals surface area contributed by atoms with Crippen LogP contribution in [0.25, 0.3) is 0 Å². The van der Waals surface area contributed by atoms with Crippen LogP contribution in [-0.4, -0.2) is 30.4 Å². The van der Waals surface area contributed by atoms with Gasteiger partial charge in [-0.3, -0.25) is 0 Å². The van der Waals surface area contributed by atoms with Crippen LogP contribution >= 0.6 is 34.8 Å². The molecule has 0 bridgehead atoms. The van der Waals surface area contributed by atoms with Gasteiger partial charge in [-0.05, 0) is 0 Å². The van der Waals surface area contributed by atoms with Gasteiger partial charge in [-0.25, -0.2) is 0 Å². The summed E-state index contributed by atoms with van der Waals surface area (Å²) >= 11 is 17.5. The van der Waals surface area contributed by atoms with Crippen molar-refractivity contribution >= 4 is 54.2 Å². The van der Waals surface area contributed by atoms with Crippen LogP contribution in [0.3, 0.4) is 0 Å². The van der Waals surface area contributed by atoms with Crippen molar-refractivity contribution in [2.45, 2.75) is 22.1 Å². The summed E-state index contributed by atoms with van der Waals surface area (Å²) in [5.74, 6) is 0. The molecular weight excluding hydrogens is 333 g/mol. The fraction of sp³-hybridized carbons (Fsp3) is 0.455. The van der Waals surface area contributed by atoms with Gasteiger partial charge >= 0.3 is 118 Å². The van der Waals surface area contributed by atoms with Crippen LogP contribution in [0, 0.1) is 0 Å². The molecule has 16 heavy (non-hydrogen) atoms. The van der Waals surface area contributed by atoms with Crippen molar-refractivity contribution < 1.29 is 4.74 Å². The Morgan fingerprint density at radius 2 is 1.88 bits per heavy atom. The summed E-state index contributed by atoms with van der Waals surface area (Å²) in [4.78, 5) is 0. The summed E-state index contributed by atoms with van der Waals surface area (Å²) in [7, 11) is 0. The van der Waals surface area contributed by atoms with E-state index in [1.54, 1.807) is 0 Å². The molecule has 0 radical (unpaired) electrons. The normalized spacial score (nSPS) is 13.8. The first-order valence-electron chi connectivity index (χ1n) is 4.91. The zero-order chi connectivity index (χ0) is 12.0. The molecule has 0 heterocycles. The SMILES string of the molecule is CCOC(CC(Cl)(Cl)Cl)[Se]c1ccccc1. The number of rotatable bonds is 5. The second-order valence-corrected chi connectivity index (χ2v) is 8.24. The third-order valence-corrected chi connectivity index (χ3v) is 4.55. The van der Waals surface area contributed by atoms with E-state index in [9.17, 15) is 0 Å². The summed E-state index contributed by atoms with van der Waals surface area (Å²) in [6.07, 6.45) is 0.431. The van der Waals surface area contributed by atoms with Crippen molar-refractivity contribution in [3.63, 3.8) is 0 Å². The van der Waals surface area contributed by atoms with Gasteiger partial charge in [-0.2, -0.15) is 0 Å². The standard InChI is InChI=1S/C11H13Cl3OSe/c1-2-15-10(8-11(12,13)14)16-9-6-4-3-5-7-9/h3-7,10H,2,8H2,1H3. The number of benzene rings is 1. The molecule has 90 valence electrons. The summed E-state index contributed by atoms with van der Waals surface area (Å²) in [6.45, 7) is 2.59. The Morgan fingerprint density at radius 1 is 1.25 bits per heavy atom. The van der Waals surface area contributed by atoms with Crippen LogP contribution in [0.2, 0.25) is 0 Å². The van der Waals surface area contributed by atoms with Gasteiger partial charge in [0.15, 0.2) is 0 Å². The van der Waals surface area contributed by atoms with E-state index in [1.165, 1.54) is 4.46 Å². The second-order valence-electron chi connectivity index (χ2n) is 3.14. The molecule has 0 N–H and O–H groups in total. The van der Waals surface area contributed by atoms with E-state index in [4.69, 9.17) is 39.5 Å². The van der Waals surface area contributed by atoms with Crippen LogP contribution in [0.5, 0.6) is 0 Å². The first-order valence-corrected chi connectivity index (χ1v) is 7.89. The van der Waals surface area contributed by atoms with Crippen molar-refractivity contribution in [1.82, 2.24) is 0 Å². The molecule has 1 unspecified atom stereocenters. The number of ether oxygens (including phenoxy) is 1. The molecule has 0 spiro atoms. The Morgan fingerprint density at radius 3 is 2.38 bits per heavy atom. The summed E-state index contributed by atoms with van der Waals surface area (Å²) in [5, 5.41) is 0.00685. The number of alkyl halides is 3. The quantitative estimate of drug-likeness (QED) is 0.588. The van der Waals surface area contributed by atoms with Gasteiger partial charge in [0.25, 0.3) is 0 Å². The van der Waals surface area contributed by atoms with Crippen LogP contribution in [0.4, 0.5) is 0 Å². The maximum atomic E-state index is 5.79. The van der Waals surface area contributed by atoms with Gasteiger partial charge in [-0.15, -0.1) is 0 Å². The number of halogens is 3. The van der Waals surface area contributed by atoms with Crippen molar-refractivity contribution in [2.24, 2.45) is 0 Å². The molecule has 0 fully saturated rings. The minimum atomic E-state index is -1.24. The van der Waals surface area contributed by atoms with Crippen molar-refractivity contribution in [1.29, 1.82) is 0 Å². The molecular formula is C11H13Cl3OSe. The van der Waals surface area contributed by atoms with Gasteiger partial charge in [0.1, 0.15) is 0 Å². The van der Waals surface area contributed by atoms with E-state index in [0.717, 1.165) is 0 Å². The first kappa shape index (κ1) is 14.6. The Kier molecular flexibility index (Phi) is 6.50. The summed E-state index contributed by atoms with van der Waals surface area (Å²) in [5.41, 5.74) is 0. The average molecular weight is 347 g/mol. The molecule has 1 rings (SSSR count). The number of hydrogen-bond donors (Lipinski definition) is 0. The van der Waals surface area contributed by atoms with Crippen LogP contribution in [0.1, 0.15) is 13.3 Å². The molecule has 5 heteroatoms. The molecule has 0 aliphatic heterocycles. The molecule has 0 aliphatic carbocycles. The topological polar surface area (TPSA) is 9.23 Å². The van der Waals surface area contributed by atoms with Gasteiger partial charge in [0.2, 0.25) is 0 Å². The predicted molar refractivity (Wildman–Crippen MR) is 72.2 cm³/mol. The Balaban J connectivity index is 2.58. The Bertz CT molecular complexity index is 300. The molecule has 1 atom stereocenters. The van der Waals surface area contributed by atoms with Crippen molar-refractivity contribution in [3.8, 4) is 0 Å². The predicted octanol–water partition coefficient (Wildman–Crippen LogP) is 3.14. The Hall–Kier alpha value is 0.569. The van der Waals surface area contributed by atoms with E-state index in [-0.39, 0.29) is 20.0 Å². The van der Waals surface area contributed by atoms with E-state index >= 15 is 0 Å². The zero-order valence-electron chi connectivity index (χ0n) is 8.83. The maximum absolute atomic E-state index is 5.79. The third kappa shape index (κ3) is 6.34. The molecule has 0 aromatic heterocycles. The van der Waals surface area contributed by atoms with E-state index in [1.807, 2.05) is 25.1 Å². The summed E-state index contributed by atoms with van der Waals surface area (Å²) in [6, 6.07) is 10.2.